The molecule has 1 amide bonds. The van der Waals surface area contributed by atoms with Gasteiger partial charge in [0.1, 0.15) is 0 Å². The van der Waals surface area contributed by atoms with E-state index in [0.717, 1.165) is 39.1 Å². The molecule has 22 heavy (non-hydrogen) atoms. The van der Waals surface area contributed by atoms with Crippen LogP contribution in [-0.4, -0.2) is 49.7 Å². The maximum absolute atomic E-state index is 12.1. The van der Waals surface area contributed by atoms with Crippen molar-refractivity contribution >= 4 is 18.3 Å². The zero-order valence-electron chi connectivity index (χ0n) is 13.3. The molecule has 1 aliphatic rings. The Balaban J connectivity index is 0.00000242. The molecule has 1 aromatic carbocycles. The number of carbonyl (C=O) groups is 1. The van der Waals surface area contributed by atoms with Crippen LogP contribution in [-0.2, 0) is 16.0 Å². The summed E-state index contributed by atoms with van der Waals surface area (Å²) in [6.07, 6.45) is 2.34. The van der Waals surface area contributed by atoms with Crippen molar-refractivity contribution in [1.82, 2.24) is 10.2 Å². The predicted molar refractivity (Wildman–Crippen MR) is 91.5 cm³/mol. The lowest BCUT2D eigenvalue weighted by atomic mass is 10.2. The molecule has 4 nitrogen and oxygen atoms in total. The molecule has 1 fully saturated rings. The lowest BCUT2D eigenvalue weighted by molar-refractivity contribution is -0.134. The maximum atomic E-state index is 12.1. The van der Waals surface area contributed by atoms with Gasteiger partial charge in [-0.15, -0.1) is 12.4 Å². The molecule has 124 valence electrons. The van der Waals surface area contributed by atoms with Gasteiger partial charge in [-0.05, 0) is 25.3 Å². The van der Waals surface area contributed by atoms with Gasteiger partial charge in [-0.2, -0.15) is 0 Å². The third-order valence-corrected chi connectivity index (χ3v) is 3.88. The quantitative estimate of drug-likeness (QED) is 0.782. The van der Waals surface area contributed by atoms with Gasteiger partial charge in [-0.3, -0.25) is 4.79 Å². The second kappa shape index (κ2) is 10.6. The van der Waals surface area contributed by atoms with Gasteiger partial charge in [0.15, 0.2) is 0 Å². The molecule has 0 saturated carbocycles. The standard InChI is InChI=1S/C17H26N2O2.ClH/c1-15-14-18-10-11-19(15)17(20)8-5-12-21-13-9-16-6-3-2-4-7-16;/h2-4,6-7,15,18H,5,8-14H2,1H3;1H. The van der Waals surface area contributed by atoms with Crippen LogP contribution in [0.4, 0.5) is 0 Å². The Morgan fingerprint density at radius 1 is 1.32 bits per heavy atom. The molecular weight excluding hydrogens is 300 g/mol. The number of nitrogens with one attached hydrogen (secondary N) is 1. The van der Waals surface area contributed by atoms with Gasteiger partial charge in [0.25, 0.3) is 0 Å². The zero-order valence-corrected chi connectivity index (χ0v) is 14.1. The van der Waals surface area contributed by atoms with E-state index in [4.69, 9.17) is 4.74 Å². The average Bonchev–Trinajstić information content (AvgIpc) is 2.52. The molecule has 0 bridgehead atoms. The fraction of sp³-hybridized carbons (Fsp3) is 0.588. The number of hydrogen-bond donors (Lipinski definition) is 1. The lowest BCUT2D eigenvalue weighted by Crippen LogP contribution is -2.52. The van der Waals surface area contributed by atoms with Crippen molar-refractivity contribution in [3.8, 4) is 0 Å². The smallest absolute Gasteiger partial charge is 0.222 e. The summed E-state index contributed by atoms with van der Waals surface area (Å²) in [6, 6.07) is 10.6. The topological polar surface area (TPSA) is 41.6 Å². The Morgan fingerprint density at radius 2 is 2.09 bits per heavy atom. The molecular formula is C17H27ClN2O2. The summed E-state index contributed by atoms with van der Waals surface area (Å²) >= 11 is 0. The van der Waals surface area contributed by atoms with Crippen LogP contribution in [0.1, 0.15) is 25.3 Å². The summed E-state index contributed by atoms with van der Waals surface area (Å²) in [5.41, 5.74) is 1.29. The van der Waals surface area contributed by atoms with Crippen molar-refractivity contribution in [2.75, 3.05) is 32.8 Å². The highest BCUT2D eigenvalue weighted by Gasteiger charge is 2.21. The van der Waals surface area contributed by atoms with E-state index >= 15 is 0 Å². The highest BCUT2D eigenvalue weighted by molar-refractivity contribution is 5.85. The van der Waals surface area contributed by atoms with Crippen LogP contribution in [0, 0.1) is 0 Å². The van der Waals surface area contributed by atoms with E-state index in [1.54, 1.807) is 0 Å². The van der Waals surface area contributed by atoms with Crippen molar-refractivity contribution in [2.45, 2.75) is 32.2 Å². The number of amides is 1. The highest BCUT2D eigenvalue weighted by atomic mass is 35.5. The fourth-order valence-corrected chi connectivity index (χ4v) is 2.62. The van der Waals surface area contributed by atoms with Gasteiger partial charge in [0, 0.05) is 38.7 Å². The average molecular weight is 327 g/mol. The van der Waals surface area contributed by atoms with E-state index in [0.29, 0.717) is 19.1 Å². The number of rotatable bonds is 7. The first-order chi connectivity index (χ1) is 10.3. The van der Waals surface area contributed by atoms with Gasteiger partial charge in [-0.25, -0.2) is 0 Å². The third-order valence-electron chi connectivity index (χ3n) is 3.88. The molecule has 1 saturated heterocycles. The van der Waals surface area contributed by atoms with Crippen LogP contribution in [0.3, 0.4) is 0 Å². The first-order valence-corrected chi connectivity index (χ1v) is 7.89. The van der Waals surface area contributed by atoms with Crippen molar-refractivity contribution in [3.05, 3.63) is 35.9 Å². The molecule has 1 heterocycles. The highest BCUT2D eigenvalue weighted by Crippen LogP contribution is 2.07. The van der Waals surface area contributed by atoms with Crippen LogP contribution in [0.25, 0.3) is 0 Å². The molecule has 1 aromatic rings. The number of benzene rings is 1. The molecule has 2 rings (SSSR count). The summed E-state index contributed by atoms with van der Waals surface area (Å²) < 4.78 is 5.62. The number of carbonyl (C=O) groups excluding carboxylic acids is 1. The molecule has 5 heteroatoms. The minimum Gasteiger partial charge on any atom is -0.381 e. The molecule has 1 atom stereocenters. The Morgan fingerprint density at radius 3 is 2.82 bits per heavy atom. The SMILES string of the molecule is CC1CNCCN1C(=O)CCCOCCc1ccccc1.Cl. The van der Waals surface area contributed by atoms with E-state index < -0.39 is 0 Å². The molecule has 0 aliphatic carbocycles. The second-order valence-corrected chi connectivity index (χ2v) is 5.59. The van der Waals surface area contributed by atoms with E-state index in [2.05, 4.69) is 24.4 Å². The Bertz CT molecular complexity index is 428. The first kappa shape index (κ1) is 18.9. The monoisotopic (exact) mass is 326 g/mol. The summed E-state index contributed by atoms with van der Waals surface area (Å²) in [6.45, 7) is 6.12. The van der Waals surface area contributed by atoms with Gasteiger partial charge in [-0.1, -0.05) is 30.3 Å². The van der Waals surface area contributed by atoms with E-state index in [1.165, 1.54) is 5.56 Å². The van der Waals surface area contributed by atoms with Gasteiger partial charge in [0.2, 0.25) is 5.91 Å². The summed E-state index contributed by atoms with van der Waals surface area (Å²) in [7, 11) is 0. The summed E-state index contributed by atoms with van der Waals surface area (Å²) in [5.74, 6) is 0.260. The molecule has 1 aliphatic heterocycles. The lowest BCUT2D eigenvalue weighted by Gasteiger charge is -2.34. The van der Waals surface area contributed by atoms with Gasteiger partial charge >= 0.3 is 0 Å². The molecule has 0 aromatic heterocycles. The van der Waals surface area contributed by atoms with E-state index in [9.17, 15) is 4.79 Å². The minimum absolute atomic E-state index is 0. The van der Waals surface area contributed by atoms with Crippen LogP contribution < -0.4 is 5.32 Å². The van der Waals surface area contributed by atoms with Crippen LogP contribution in [0.15, 0.2) is 30.3 Å². The number of hydrogen-bond acceptors (Lipinski definition) is 3. The molecule has 1 N–H and O–H groups in total. The predicted octanol–water partition coefficient (Wildman–Crippen LogP) is 2.27. The van der Waals surface area contributed by atoms with Crippen molar-refractivity contribution < 1.29 is 9.53 Å². The molecule has 1 unspecified atom stereocenters. The number of halogens is 1. The Hall–Kier alpha value is -1.10. The third kappa shape index (κ3) is 6.34. The number of nitrogens with zero attached hydrogens (tertiary/aromatic N) is 1. The largest absolute Gasteiger partial charge is 0.381 e. The van der Waals surface area contributed by atoms with Crippen LogP contribution >= 0.6 is 12.4 Å². The van der Waals surface area contributed by atoms with Crippen LogP contribution in [0.2, 0.25) is 0 Å². The Kier molecular flexibility index (Phi) is 9.13. The summed E-state index contributed by atoms with van der Waals surface area (Å²) in [4.78, 5) is 14.1. The fourth-order valence-electron chi connectivity index (χ4n) is 2.62. The molecule has 0 spiro atoms. The van der Waals surface area contributed by atoms with Crippen molar-refractivity contribution in [3.63, 3.8) is 0 Å². The first-order valence-electron chi connectivity index (χ1n) is 7.89. The number of ether oxygens (including phenoxy) is 1. The van der Waals surface area contributed by atoms with Crippen molar-refractivity contribution in [2.24, 2.45) is 0 Å². The Labute approximate surface area is 139 Å². The summed E-state index contributed by atoms with van der Waals surface area (Å²) in [5, 5.41) is 3.30. The van der Waals surface area contributed by atoms with Gasteiger partial charge in [0.05, 0.1) is 6.61 Å². The van der Waals surface area contributed by atoms with Crippen LogP contribution in [0.5, 0.6) is 0 Å². The second-order valence-electron chi connectivity index (χ2n) is 5.59. The van der Waals surface area contributed by atoms with E-state index in [1.807, 2.05) is 23.1 Å². The van der Waals surface area contributed by atoms with E-state index in [-0.39, 0.29) is 18.3 Å². The zero-order chi connectivity index (χ0) is 14.9. The normalized spacial score (nSPS) is 17.9. The maximum Gasteiger partial charge on any atom is 0.222 e. The van der Waals surface area contributed by atoms with Crippen molar-refractivity contribution in [1.29, 1.82) is 0 Å². The minimum atomic E-state index is 0. The molecule has 0 radical (unpaired) electrons. The number of piperazine rings is 1. The van der Waals surface area contributed by atoms with Gasteiger partial charge < -0.3 is 15.0 Å².